The van der Waals surface area contributed by atoms with E-state index in [2.05, 4.69) is 15.5 Å². The zero-order valence-corrected chi connectivity index (χ0v) is 17.7. The van der Waals surface area contributed by atoms with Crippen LogP contribution in [0, 0.1) is 0 Å². The first-order valence-electron chi connectivity index (χ1n) is 9.33. The Morgan fingerprint density at radius 1 is 1.33 bits per heavy atom. The minimum absolute atomic E-state index is 0.0472. The lowest BCUT2D eigenvalue weighted by Crippen LogP contribution is -2.33. The van der Waals surface area contributed by atoms with Gasteiger partial charge in [0.25, 0.3) is 0 Å². The van der Waals surface area contributed by atoms with Crippen molar-refractivity contribution >= 4 is 40.7 Å². The van der Waals surface area contributed by atoms with Gasteiger partial charge in [0.2, 0.25) is 5.91 Å². The average molecular weight is 440 g/mol. The van der Waals surface area contributed by atoms with Gasteiger partial charge in [-0.05, 0) is 55.0 Å². The van der Waals surface area contributed by atoms with Crippen LogP contribution >= 0.6 is 22.9 Å². The Morgan fingerprint density at radius 3 is 2.93 bits per heavy atom. The van der Waals surface area contributed by atoms with Crippen LogP contribution in [0.4, 0.5) is 0 Å². The lowest BCUT2D eigenvalue weighted by Gasteiger charge is -2.11. The third-order valence-electron chi connectivity index (χ3n) is 4.59. The summed E-state index contributed by atoms with van der Waals surface area (Å²) in [6, 6.07) is 11.2. The van der Waals surface area contributed by atoms with Gasteiger partial charge in [-0.3, -0.25) is 9.59 Å². The number of amides is 1. The van der Waals surface area contributed by atoms with Gasteiger partial charge in [-0.25, -0.2) is 0 Å². The summed E-state index contributed by atoms with van der Waals surface area (Å²) in [5.74, 6) is 0.464. The van der Waals surface area contributed by atoms with E-state index in [0.717, 1.165) is 16.0 Å². The first-order chi connectivity index (χ1) is 14.5. The molecule has 1 N–H and O–H groups in total. The Bertz CT molecular complexity index is 1130. The van der Waals surface area contributed by atoms with Crippen molar-refractivity contribution in [2.45, 2.75) is 19.4 Å². The molecule has 1 aromatic carbocycles. The number of nitrogens with one attached hydrogen (secondary N) is 1. The van der Waals surface area contributed by atoms with Crippen LogP contribution in [0.3, 0.4) is 0 Å². The van der Waals surface area contributed by atoms with Gasteiger partial charge in [0.15, 0.2) is 5.78 Å². The van der Waals surface area contributed by atoms with E-state index in [1.54, 1.807) is 31.3 Å². The molecule has 30 heavy (non-hydrogen) atoms. The number of Topliss-reactive ketones (excluding diaryl/α,β-unsaturated/α-hetero) is 1. The maximum Gasteiger partial charge on any atom is 0.244 e. The van der Waals surface area contributed by atoms with E-state index in [4.69, 9.17) is 16.3 Å². The molecule has 6 nitrogen and oxygen atoms in total. The number of ether oxygens (including phenoxy) is 1. The zero-order chi connectivity index (χ0) is 21.1. The summed E-state index contributed by atoms with van der Waals surface area (Å²) in [6.45, 7) is 1.91. The second kappa shape index (κ2) is 8.77. The van der Waals surface area contributed by atoms with Gasteiger partial charge in [-0.2, -0.15) is 10.2 Å². The number of nitrogens with zero attached hydrogens (tertiary/aromatic N) is 2. The van der Waals surface area contributed by atoms with E-state index in [1.165, 1.54) is 17.4 Å². The summed E-state index contributed by atoms with van der Waals surface area (Å²) >= 11 is 7.88. The fourth-order valence-electron chi connectivity index (χ4n) is 3.16. The predicted molar refractivity (Wildman–Crippen MR) is 117 cm³/mol. The van der Waals surface area contributed by atoms with E-state index in [0.29, 0.717) is 34.3 Å². The number of hydrogen-bond acceptors (Lipinski definition) is 6. The molecule has 3 heterocycles. The maximum absolute atomic E-state index is 12.1. The van der Waals surface area contributed by atoms with Gasteiger partial charge < -0.3 is 10.1 Å². The Kier molecular flexibility index (Phi) is 5.92. The molecule has 1 aliphatic rings. The summed E-state index contributed by atoms with van der Waals surface area (Å²) < 4.78 is 5.94. The Hall–Kier alpha value is -3.03. The molecule has 3 aromatic rings. The number of thiophene rings is 1. The Labute approximate surface area is 182 Å². The number of carbonyl (C=O) groups excluding carboxylic acids is 2. The highest BCUT2D eigenvalue weighted by atomic mass is 35.5. The topological polar surface area (TPSA) is 81.2 Å². The first kappa shape index (κ1) is 20.3. The summed E-state index contributed by atoms with van der Waals surface area (Å²) in [4.78, 5) is 25.3. The molecule has 0 fully saturated rings. The van der Waals surface area contributed by atoms with Gasteiger partial charge in [0.05, 0.1) is 22.1 Å². The number of ketones is 1. The fraction of sp³-hybridized carbons (Fsp3) is 0.182. The smallest absolute Gasteiger partial charge is 0.244 e. The molecule has 0 spiro atoms. The van der Waals surface area contributed by atoms with E-state index >= 15 is 0 Å². The van der Waals surface area contributed by atoms with Crippen molar-refractivity contribution in [1.29, 1.82) is 0 Å². The second-order valence-electron chi connectivity index (χ2n) is 6.84. The van der Waals surface area contributed by atoms with Crippen molar-refractivity contribution in [2.24, 2.45) is 0 Å². The van der Waals surface area contributed by atoms with Gasteiger partial charge in [-0.15, -0.1) is 11.3 Å². The molecule has 0 radical (unpaired) electrons. The lowest BCUT2D eigenvalue weighted by atomic mass is 10.1. The number of fused-ring (bicyclic) bond motifs is 1. The van der Waals surface area contributed by atoms with Crippen LogP contribution in [-0.4, -0.2) is 34.5 Å². The molecule has 8 heteroatoms. The van der Waals surface area contributed by atoms with Crippen molar-refractivity contribution < 1.29 is 14.3 Å². The van der Waals surface area contributed by atoms with Crippen molar-refractivity contribution in [1.82, 2.24) is 15.5 Å². The van der Waals surface area contributed by atoms with Crippen LogP contribution in [0.5, 0.6) is 5.75 Å². The minimum Gasteiger partial charge on any atom is -0.486 e. The number of carbonyl (C=O) groups is 2. The monoisotopic (exact) mass is 439 g/mol. The van der Waals surface area contributed by atoms with Crippen molar-refractivity contribution in [2.75, 3.05) is 6.54 Å². The lowest BCUT2D eigenvalue weighted by molar-refractivity contribution is -0.116. The maximum atomic E-state index is 12.1. The molecule has 0 unspecified atom stereocenters. The highest BCUT2D eigenvalue weighted by molar-refractivity contribution is 7.17. The molecule has 0 saturated heterocycles. The third kappa shape index (κ3) is 4.58. The van der Waals surface area contributed by atoms with E-state index < -0.39 is 0 Å². The minimum atomic E-state index is -0.234. The highest BCUT2D eigenvalue weighted by Gasteiger charge is 2.26. The Balaban J connectivity index is 1.39. The molecule has 1 amide bonds. The second-order valence-corrected chi connectivity index (χ2v) is 8.33. The van der Waals surface area contributed by atoms with Gasteiger partial charge >= 0.3 is 0 Å². The molecular formula is C22H18ClN3O3S. The SMILES string of the molecule is CC(=O)c1ccc(-c2cc(Cl)c3c(c2)C[C@H](CNC(=O)C=Cc2cccnn2)O3)s1. The van der Waals surface area contributed by atoms with Crippen molar-refractivity contribution in [3.63, 3.8) is 0 Å². The van der Waals surface area contributed by atoms with Crippen LogP contribution in [0.15, 0.2) is 48.7 Å². The van der Waals surface area contributed by atoms with E-state index in [-0.39, 0.29) is 17.8 Å². The molecule has 152 valence electrons. The molecular weight excluding hydrogens is 422 g/mol. The zero-order valence-electron chi connectivity index (χ0n) is 16.1. The molecule has 1 atom stereocenters. The van der Waals surface area contributed by atoms with Crippen LogP contribution in [0.1, 0.15) is 27.9 Å². The number of aromatic nitrogens is 2. The quantitative estimate of drug-likeness (QED) is 0.460. The first-order valence-corrected chi connectivity index (χ1v) is 10.5. The van der Waals surface area contributed by atoms with Gasteiger partial charge in [-0.1, -0.05) is 11.6 Å². The largest absolute Gasteiger partial charge is 0.486 e. The number of hydrogen-bond donors (Lipinski definition) is 1. The number of rotatable bonds is 6. The highest BCUT2D eigenvalue weighted by Crippen LogP contribution is 2.41. The summed E-state index contributed by atoms with van der Waals surface area (Å²) in [6.07, 6.45) is 5.04. The molecule has 4 rings (SSSR count). The number of benzene rings is 1. The van der Waals surface area contributed by atoms with E-state index in [1.807, 2.05) is 24.3 Å². The third-order valence-corrected chi connectivity index (χ3v) is 6.11. The molecule has 0 saturated carbocycles. The van der Waals surface area contributed by atoms with Gasteiger partial charge in [0.1, 0.15) is 11.9 Å². The summed E-state index contributed by atoms with van der Waals surface area (Å²) in [5, 5.41) is 11.0. The van der Waals surface area contributed by atoms with E-state index in [9.17, 15) is 9.59 Å². The molecule has 0 aliphatic carbocycles. The molecule has 2 aromatic heterocycles. The Morgan fingerprint density at radius 2 is 2.20 bits per heavy atom. The van der Waals surface area contributed by atoms with Crippen molar-refractivity contribution in [3.8, 4) is 16.2 Å². The van der Waals surface area contributed by atoms with Crippen LogP contribution in [0.25, 0.3) is 16.5 Å². The van der Waals surface area contributed by atoms with Crippen LogP contribution in [0.2, 0.25) is 5.02 Å². The number of halogens is 1. The standard InChI is InChI=1S/C22H18ClN3O3S/c1-13(27)19-5-6-20(30-19)14-9-15-10-17(29-22(15)18(23)11-14)12-24-21(28)7-4-16-3-2-8-25-26-16/h2-9,11,17H,10,12H2,1H3,(H,24,28)/t17-/m1/s1. The fourth-order valence-corrected chi connectivity index (χ4v) is 4.33. The van der Waals surface area contributed by atoms with Gasteiger partial charge in [0, 0.05) is 29.1 Å². The normalized spacial score (nSPS) is 15.1. The van der Waals surface area contributed by atoms with Crippen LogP contribution < -0.4 is 10.1 Å². The predicted octanol–water partition coefficient (Wildman–Crippen LogP) is 4.19. The van der Waals surface area contributed by atoms with Crippen LogP contribution in [-0.2, 0) is 11.2 Å². The molecule has 1 aliphatic heterocycles. The van der Waals surface area contributed by atoms with Crippen molar-refractivity contribution in [3.05, 3.63) is 69.8 Å². The summed E-state index contributed by atoms with van der Waals surface area (Å²) in [7, 11) is 0. The average Bonchev–Trinajstić information content (AvgIpc) is 3.39. The summed E-state index contributed by atoms with van der Waals surface area (Å²) in [5.41, 5.74) is 2.55. The molecule has 0 bridgehead atoms.